The lowest BCUT2D eigenvalue weighted by atomic mass is 10.1. The lowest BCUT2D eigenvalue weighted by Crippen LogP contribution is -2.13. The Labute approximate surface area is 142 Å². The third-order valence-corrected chi connectivity index (χ3v) is 4.47. The highest BCUT2D eigenvalue weighted by Crippen LogP contribution is 2.22. The van der Waals surface area contributed by atoms with Gasteiger partial charge in [0.1, 0.15) is 11.6 Å². The number of aromatic nitrogens is 1. The highest BCUT2D eigenvalue weighted by molar-refractivity contribution is 7.07. The number of hydrogen-bond donors (Lipinski definition) is 1. The van der Waals surface area contributed by atoms with Crippen LogP contribution in [0.25, 0.3) is 11.3 Å². The summed E-state index contributed by atoms with van der Waals surface area (Å²) in [4.78, 5) is 4.95. The van der Waals surface area contributed by atoms with Crippen molar-refractivity contribution in [3.63, 3.8) is 0 Å². The average Bonchev–Trinajstić information content (AvgIpc) is 2.98. The van der Waals surface area contributed by atoms with Crippen LogP contribution in [0.5, 0.6) is 5.75 Å². The molecule has 0 aliphatic heterocycles. The summed E-state index contributed by atoms with van der Waals surface area (Å²) in [5, 5.41) is 16.5. The fourth-order valence-electron chi connectivity index (χ4n) is 2.35. The molecule has 0 spiro atoms. The maximum atomic E-state index is 13.2. The van der Waals surface area contributed by atoms with Crippen LogP contribution in [0, 0.1) is 5.82 Å². The fraction of sp³-hybridized carbons (Fsp3) is 0.111. The molecule has 0 amide bonds. The van der Waals surface area contributed by atoms with E-state index >= 15 is 0 Å². The zero-order valence-corrected chi connectivity index (χ0v) is 14.1. The second-order valence-corrected chi connectivity index (χ2v) is 5.98. The summed E-state index contributed by atoms with van der Waals surface area (Å²) in [6.07, 6.45) is 0. The van der Waals surface area contributed by atoms with E-state index in [1.165, 1.54) is 23.5 Å². The summed E-state index contributed by atoms with van der Waals surface area (Å²) >= 11 is 1.45. The van der Waals surface area contributed by atoms with Crippen LogP contribution in [0.15, 0.2) is 64.0 Å². The predicted molar refractivity (Wildman–Crippen MR) is 94.9 cm³/mol. The molecule has 0 unspecified atom stereocenters. The highest BCUT2D eigenvalue weighted by Gasteiger charge is 2.10. The van der Waals surface area contributed by atoms with Crippen molar-refractivity contribution in [2.75, 3.05) is 7.05 Å². The average molecular weight is 341 g/mol. The Morgan fingerprint density at radius 1 is 1.12 bits per heavy atom. The van der Waals surface area contributed by atoms with Crippen molar-refractivity contribution in [2.45, 2.75) is 6.92 Å². The Morgan fingerprint density at radius 3 is 2.50 bits per heavy atom. The number of aromatic hydroxyl groups is 1. The molecule has 0 saturated carbocycles. The molecule has 0 aliphatic rings. The first-order valence-electron chi connectivity index (χ1n) is 7.33. The van der Waals surface area contributed by atoms with Gasteiger partial charge in [0.15, 0.2) is 0 Å². The van der Waals surface area contributed by atoms with E-state index in [2.05, 4.69) is 10.1 Å². The summed E-state index contributed by atoms with van der Waals surface area (Å²) in [5.41, 5.74) is 2.97. The van der Waals surface area contributed by atoms with Crippen LogP contribution in [-0.4, -0.2) is 22.5 Å². The second-order valence-electron chi connectivity index (χ2n) is 5.15. The van der Waals surface area contributed by atoms with E-state index in [-0.39, 0.29) is 11.6 Å². The molecule has 1 aromatic heterocycles. The number of para-hydroxylation sites is 1. The SMILES string of the molecule is CN=c1scc(-c2ccc(F)cc2)n1N=C(C)c1ccccc1O. The van der Waals surface area contributed by atoms with Crippen LogP contribution in [0.3, 0.4) is 0 Å². The van der Waals surface area contributed by atoms with Crippen molar-refractivity contribution in [1.29, 1.82) is 0 Å². The monoisotopic (exact) mass is 341 g/mol. The zero-order valence-electron chi connectivity index (χ0n) is 13.3. The van der Waals surface area contributed by atoms with Gasteiger partial charge < -0.3 is 5.11 Å². The van der Waals surface area contributed by atoms with Gasteiger partial charge in [0.05, 0.1) is 11.4 Å². The first kappa shape index (κ1) is 16.1. The summed E-state index contributed by atoms with van der Waals surface area (Å²) in [6.45, 7) is 1.83. The molecule has 2 aromatic carbocycles. The quantitative estimate of drug-likeness (QED) is 0.723. The van der Waals surface area contributed by atoms with E-state index in [1.807, 2.05) is 18.4 Å². The van der Waals surface area contributed by atoms with Gasteiger partial charge in [-0.25, -0.2) is 9.07 Å². The lowest BCUT2D eigenvalue weighted by Gasteiger charge is -2.07. The Morgan fingerprint density at radius 2 is 1.83 bits per heavy atom. The Balaban J connectivity index is 2.14. The predicted octanol–water partition coefficient (Wildman–Crippen LogP) is 3.86. The van der Waals surface area contributed by atoms with Gasteiger partial charge >= 0.3 is 0 Å². The van der Waals surface area contributed by atoms with Crippen molar-refractivity contribution in [2.24, 2.45) is 10.1 Å². The molecular formula is C18H16FN3OS. The summed E-state index contributed by atoms with van der Waals surface area (Å²) in [7, 11) is 1.70. The summed E-state index contributed by atoms with van der Waals surface area (Å²) < 4.78 is 14.9. The first-order chi connectivity index (χ1) is 11.6. The normalized spacial score (nSPS) is 12.6. The molecule has 0 fully saturated rings. The van der Waals surface area contributed by atoms with Crippen molar-refractivity contribution in [3.05, 3.63) is 70.1 Å². The van der Waals surface area contributed by atoms with E-state index in [9.17, 15) is 9.50 Å². The Kier molecular flexibility index (Phi) is 4.57. The van der Waals surface area contributed by atoms with E-state index < -0.39 is 0 Å². The maximum Gasteiger partial charge on any atom is 0.205 e. The number of phenols is 1. The maximum absolute atomic E-state index is 13.2. The van der Waals surface area contributed by atoms with E-state index in [4.69, 9.17) is 0 Å². The summed E-state index contributed by atoms with van der Waals surface area (Å²) in [5.74, 6) is -0.109. The summed E-state index contributed by atoms with van der Waals surface area (Å²) in [6, 6.07) is 13.3. The van der Waals surface area contributed by atoms with Crippen molar-refractivity contribution in [1.82, 2.24) is 4.68 Å². The van der Waals surface area contributed by atoms with Gasteiger partial charge in [-0.05, 0) is 43.3 Å². The molecule has 0 saturated heterocycles. The molecule has 3 aromatic rings. The Bertz CT molecular complexity index is 955. The standard InChI is InChI=1S/C18H16FN3OS/c1-12(15-5-3-4-6-17(15)23)21-22-16(11-24-18(22)20-2)13-7-9-14(19)10-8-13/h3-11,23H,1-2H3. The molecule has 0 bridgehead atoms. The van der Waals surface area contributed by atoms with Gasteiger partial charge in [-0.15, -0.1) is 11.3 Å². The topological polar surface area (TPSA) is 49.9 Å². The first-order valence-corrected chi connectivity index (χ1v) is 8.21. The van der Waals surface area contributed by atoms with Crippen LogP contribution in [0.4, 0.5) is 4.39 Å². The molecule has 1 heterocycles. The molecule has 3 rings (SSSR count). The third-order valence-electron chi connectivity index (χ3n) is 3.56. The minimum atomic E-state index is -0.283. The number of phenolic OH excluding ortho intramolecular Hbond substituents is 1. The van der Waals surface area contributed by atoms with Gasteiger partial charge in [0, 0.05) is 23.6 Å². The van der Waals surface area contributed by atoms with Crippen LogP contribution in [-0.2, 0) is 0 Å². The fourth-order valence-corrected chi connectivity index (χ4v) is 3.15. The van der Waals surface area contributed by atoms with Crippen molar-refractivity contribution >= 4 is 17.0 Å². The minimum absolute atomic E-state index is 0.174. The number of halogens is 1. The van der Waals surface area contributed by atoms with Gasteiger partial charge in [0.2, 0.25) is 4.80 Å². The second kappa shape index (κ2) is 6.80. The number of nitrogens with zero attached hydrogens (tertiary/aromatic N) is 3. The molecule has 6 heteroatoms. The van der Waals surface area contributed by atoms with Crippen LogP contribution in [0.2, 0.25) is 0 Å². The van der Waals surface area contributed by atoms with E-state index in [0.717, 1.165) is 11.3 Å². The molecular weight excluding hydrogens is 325 g/mol. The zero-order chi connectivity index (χ0) is 17.1. The van der Waals surface area contributed by atoms with Gasteiger partial charge in [-0.1, -0.05) is 12.1 Å². The minimum Gasteiger partial charge on any atom is -0.507 e. The number of thiazole rings is 1. The van der Waals surface area contributed by atoms with Crippen LogP contribution < -0.4 is 4.80 Å². The van der Waals surface area contributed by atoms with Crippen LogP contribution in [0.1, 0.15) is 12.5 Å². The van der Waals surface area contributed by atoms with Crippen molar-refractivity contribution < 1.29 is 9.50 Å². The third kappa shape index (κ3) is 3.14. The highest BCUT2D eigenvalue weighted by atomic mass is 32.1. The number of hydrogen-bond acceptors (Lipinski definition) is 4. The molecule has 1 N–H and O–H groups in total. The van der Waals surface area contributed by atoms with Gasteiger partial charge in [-0.2, -0.15) is 5.10 Å². The molecule has 24 heavy (non-hydrogen) atoms. The number of benzene rings is 2. The Hall–Kier alpha value is -2.73. The smallest absolute Gasteiger partial charge is 0.205 e. The molecule has 0 aliphatic carbocycles. The van der Waals surface area contributed by atoms with Gasteiger partial charge in [-0.3, -0.25) is 4.99 Å². The van der Waals surface area contributed by atoms with Gasteiger partial charge in [0.25, 0.3) is 0 Å². The van der Waals surface area contributed by atoms with E-state index in [0.29, 0.717) is 16.1 Å². The number of rotatable bonds is 3. The molecule has 4 nitrogen and oxygen atoms in total. The van der Waals surface area contributed by atoms with Crippen LogP contribution >= 0.6 is 11.3 Å². The molecule has 122 valence electrons. The van der Waals surface area contributed by atoms with E-state index in [1.54, 1.807) is 42.1 Å². The lowest BCUT2D eigenvalue weighted by molar-refractivity contribution is 0.474. The largest absolute Gasteiger partial charge is 0.507 e. The molecule has 0 atom stereocenters. The molecule has 0 radical (unpaired) electrons. The van der Waals surface area contributed by atoms with Crippen molar-refractivity contribution in [3.8, 4) is 17.0 Å².